The smallest absolute Gasteiger partial charge is 0.273 e. The van der Waals surface area contributed by atoms with Crippen LogP contribution < -0.4 is 10.1 Å². The molecule has 2 rings (SSSR count). The molecule has 0 aliphatic carbocycles. The van der Waals surface area contributed by atoms with E-state index in [0.29, 0.717) is 12.3 Å². The molecule has 0 saturated carbocycles. The third kappa shape index (κ3) is 3.05. The number of non-ortho nitro benzene ring substituents is 1. The Morgan fingerprint density at radius 2 is 2.20 bits per heavy atom. The van der Waals surface area contributed by atoms with E-state index in [0.717, 1.165) is 21.3 Å². The Bertz CT molecular complexity index is 640. The lowest BCUT2D eigenvalue weighted by Crippen LogP contribution is -2.01. The second kappa shape index (κ2) is 5.87. The van der Waals surface area contributed by atoms with Crippen molar-refractivity contribution in [3.05, 3.63) is 43.9 Å². The molecule has 6 nitrogen and oxygen atoms in total. The van der Waals surface area contributed by atoms with Gasteiger partial charge in [-0.2, -0.15) is 0 Å². The maximum atomic E-state index is 10.7. The van der Waals surface area contributed by atoms with Crippen LogP contribution in [0, 0.1) is 24.0 Å². The molecule has 7 heteroatoms. The van der Waals surface area contributed by atoms with Gasteiger partial charge in [0.05, 0.1) is 41.0 Å². The van der Waals surface area contributed by atoms with Gasteiger partial charge >= 0.3 is 0 Å². The van der Waals surface area contributed by atoms with Crippen LogP contribution in [0.15, 0.2) is 18.2 Å². The standard InChI is InChI=1S/C13H15N3O3S/c1-8-13(20-9(2)15-8)7-14-11-5-4-10(16(17)18)6-12(11)19-3/h4-6,14H,7H2,1-3H3. The van der Waals surface area contributed by atoms with E-state index >= 15 is 0 Å². The number of aryl methyl sites for hydroxylation is 2. The Hall–Kier alpha value is -2.15. The number of nitro groups is 1. The fraction of sp³-hybridized carbons (Fsp3) is 0.308. The van der Waals surface area contributed by atoms with Gasteiger partial charge in [0, 0.05) is 10.9 Å². The van der Waals surface area contributed by atoms with E-state index in [-0.39, 0.29) is 5.69 Å². The quantitative estimate of drug-likeness (QED) is 0.676. The minimum atomic E-state index is -0.441. The van der Waals surface area contributed by atoms with Crippen LogP contribution in [0.3, 0.4) is 0 Å². The minimum absolute atomic E-state index is 0.0113. The van der Waals surface area contributed by atoms with E-state index in [4.69, 9.17) is 4.74 Å². The molecule has 0 saturated heterocycles. The molecule has 1 N–H and O–H groups in total. The second-order valence-corrected chi connectivity index (χ2v) is 5.52. The average Bonchev–Trinajstić information content (AvgIpc) is 2.74. The zero-order valence-electron chi connectivity index (χ0n) is 11.5. The zero-order valence-corrected chi connectivity index (χ0v) is 12.3. The molecule has 1 aromatic carbocycles. The Morgan fingerprint density at radius 3 is 2.75 bits per heavy atom. The van der Waals surface area contributed by atoms with Crippen molar-refractivity contribution < 1.29 is 9.66 Å². The van der Waals surface area contributed by atoms with Gasteiger partial charge in [0.1, 0.15) is 5.75 Å². The summed E-state index contributed by atoms with van der Waals surface area (Å²) in [6, 6.07) is 4.52. The predicted molar refractivity (Wildman–Crippen MR) is 78.6 cm³/mol. The third-order valence-corrected chi connectivity index (χ3v) is 3.91. The SMILES string of the molecule is COc1cc([N+](=O)[O-])ccc1NCc1sc(C)nc1C. The second-order valence-electron chi connectivity index (χ2n) is 4.24. The fourth-order valence-corrected chi connectivity index (χ4v) is 2.73. The van der Waals surface area contributed by atoms with Crippen molar-refractivity contribution in [3.8, 4) is 5.75 Å². The summed E-state index contributed by atoms with van der Waals surface area (Å²) in [6.07, 6.45) is 0. The van der Waals surface area contributed by atoms with Crippen LogP contribution in [0.2, 0.25) is 0 Å². The molecule has 1 aromatic heterocycles. The summed E-state index contributed by atoms with van der Waals surface area (Å²) in [7, 11) is 1.49. The summed E-state index contributed by atoms with van der Waals surface area (Å²) in [5.74, 6) is 0.457. The third-order valence-electron chi connectivity index (χ3n) is 2.83. The normalized spacial score (nSPS) is 10.3. The van der Waals surface area contributed by atoms with Crippen molar-refractivity contribution >= 4 is 22.7 Å². The van der Waals surface area contributed by atoms with E-state index in [1.165, 1.54) is 19.2 Å². The number of ether oxygens (including phenoxy) is 1. The molecule has 0 bridgehead atoms. The number of aromatic nitrogens is 1. The van der Waals surface area contributed by atoms with Crippen molar-refractivity contribution in [2.75, 3.05) is 12.4 Å². The molecule has 0 atom stereocenters. The number of anilines is 1. The highest BCUT2D eigenvalue weighted by Crippen LogP contribution is 2.30. The summed E-state index contributed by atoms with van der Waals surface area (Å²) in [5, 5.41) is 15.0. The molecule has 2 aromatic rings. The highest BCUT2D eigenvalue weighted by atomic mass is 32.1. The first kappa shape index (κ1) is 14.3. The largest absolute Gasteiger partial charge is 0.494 e. The van der Waals surface area contributed by atoms with Gasteiger partial charge in [0.25, 0.3) is 5.69 Å². The first-order valence-electron chi connectivity index (χ1n) is 6.00. The lowest BCUT2D eigenvalue weighted by atomic mass is 10.2. The summed E-state index contributed by atoms with van der Waals surface area (Å²) in [4.78, 5) is 15.8. The van der Waals surface area contributed by atoms with Crippen molar-refractivity contribution in [1.82, 2.24) is 4.98 Å². The summed E-state index contributed by atoms with van der Waals surface area (Å²) in [6.45, 7) is 4.55. The van der Waals surface area contributed by atoms with Gasteiger partial charge in [-0.1, -0.05) is 0 Å². The maximum Gasteiger partial charge on any atom is 0.273 e. The molecule has 0 radical (unpaired) electrons. The summed E-state index contributed by atoms with van der Waals surface area (Å²) in [5.41, 5.74) is 1.74. The van der Waals surface area contributed by atoms with Crippen molar-refractivity contribution in [2.24, 2.45) is 0 Å². The lowest BCUT2D eigenvalue weighted by molar-refractivity contribution is -0.384. The first-order chi connectivity index (χ1) is 9.51. The number of benzene rings is 1. The van der Waals surface area contributed by atoms with Crippen LogP contribution in [0.5, 0.6) is 5.75 Å². The van der Waals surface area contributed by atoms with Crippen LogP contribution in [0.1, 0.15) is 15.6 Å². The zero-order chi connectivity index (χ0) is 14.7. The maximum absolute atomic E-state index is 10.7. The number of methoxy groups -OCH3 is 1. The topological polar surface area (TPSA) is 77.3 Å². The van der Waals surface area contributed by atoms with Crippen LogP contribution in [0.25, 0.3) is 0 Å². The lowest BCUT2D eigenvalue weighted by Gasteiger charge is -2.10. The van der Waals surface area contributed by atoms with Gasteiger partial charge in [0.2, 0.25) is 0 Å². The monoisotopic (exact) mass is 293 g/mol. The molecule has 0 spiro atoms. The fourth-order valence-electron chi connectivity index (χ4n) is 1.85. The van der Waals surface area contributed by atoms with Gasteiger partial charge in [0.15, 0.2) is 0 Å². The molecule has 1 heterocycles. The number of nitrogens with one attached hydrogen (secondary N) is 1. The Labute approximate surface area is 120 Å². The van der Waals surface area contributed by atoms with E-state index < -0.39 is 4.92 Å². The van der Waals surface area contributed by atoms with Gasteiger partial charge < -0.3 is 10.1 Å². The number of hydrogen-bond acceptors (Lipinski definition) is 6. The van der Waals surface area contributed by atoms with Crippen LogP contribution in [-0.2, 0) is 6.54 Å². The molecular formula is C13H15N3O3S. The van der Waals surface area contributed by atoms with E-state index in [1.807, 2.05) is 13.8 Å². The number of nitro benzene ring substituents is 1. The molecule has 106 valence electrons. The summed E-state index contributed by atoms with van der Waals surface area (Å²) < 4.78 is 5.18. The molecule has 0 aliphatic heterocycles. The first-order valence-corrected chi connectivity index (χ1v) is 6.82. The van der Waals surface area contributed by atoms with Gasteiger partial charge in [-0.25, -0.2) is 4.98 Å². The molecule has 0 unspecified atom stereocenters. The van der Waals surface area contributed by atoms with Crippen molar-refractivity contribution in [3.63, 3.8) is 0 Å². The molecular weight excluding hydrogens is 278 g/mol. The predicted octanol–water partition coefficient (Wildman–Crippen LogP) is 3.29. The molecule has 0 amide bonds. The number of thiazole rings is 1. The van der Waals surface area contributed by atoms with E-state index in [1.54, 1.807) is 17.4 Å². The number of rotatable bonds is 5. The highest BCUT2D eigenvalue weighted by molar-refractivity contribution is 7.11. The number of hydrogen-bond donors (Lipinski definition) is 1. The van der Waals surface area contributed by atoms with Crippen LogP contribution >= 0.6 is 11.3 Å². The van der Waals surface area contributed by atoms with Gasteiger partial charge in [-0.15, -0.1) is 11.3 Å². The Kier molecular flexibility index (Phi) is 4.19. The van der Waals surface area contributed by atoms with E-state index in [9.17, 15) is 10.1 Å². The van der Waals surface area contributed by atoms with Crippen molar-refractivity contribution in [1.29, 1.82) is 0 Å². The van der Waals surface area contributed by atoms with Gasteiger partial charge in [-0.05, 0) is 19.9 Å². The molecule has 20 heavy (non-hydrogen) atoms. The van der Waals surface area contributed by atoms with Crippen LogP contribution in [0.4, 0.5) is 11.4 Å². The Balaban J connectivity index is 2.17. The molecule has 0 fully saturated rings. The van der Waals surface area contributed by atoms with Crippen molar-refractivity contribution in [2.45, 2.75) is 20.4 Å². The van der Waals surface area contributed by atoms with Crippen LogP contribution in [-0.4, -0.2) is 17.0 Å². The number of nitrogens with zero attached hydrogens (tertiary/aromatic N) is 2. The summed E-state index contributed by atoms with van der Waals surface area (Å²) >= 11 is 1.63. The van der Waals surface area contributed by atoms with Gasteiger partial charge in [-0.3, -0.25) is 10.1 Å². The highest BCUT2D eigenvalue weighted by Gasteiger charge is 2.12. The Morgan fingerprint density at radius 1 is 1.45 bits per heavy atom. The van der Waals surface area contributed by atoms with E-state index in [2.05, 4.69) is 10.3 Å². The average molecular weight is 293 g/mol. The minimum Gasteiger partial charge on any atom is -0.494 e. The molecule has 0 aliphatic rings.